The molecule has 0 aromatic heterocycles. The molecule has 0 saturated heterocycles. The molecule has 2 fully saturated rings. The molecule has 2 aliphatic rings. The normalized spacial score (nSPS) is 25.2. The van der Waals surface area contributed by atoms with E-state index in [4.69, 9.17) is 4.18 Å². The van der Waals surface area contributed by atoms with Gasteiger partial charge in [-0.3, -0.25) is 4.18 Å². The van der Waals surface area contributed by atoms with Gasteiger partial charge in [0.25, 0.3) is 10.1 Å². The van der Waals surface area contributed by atoms with Crippen LogP contribution in [0.4, 0.5) is 0 Å². The van der Waals surface area contributed by atoms with E-state index < -0.39 is 10.1 Å². The summed E-state index contributed by atoms with van der Waals surface area (Å²) in [5.74, 6) is 8.79. The van der Waals surface area contributed by atoms with Crippen LogP contribution in [0.2, 0.25) is 0 Å². The lowest BCUT2D eigenvalue weighted by atomic mass is 9.74. The third-order valence-electron chi connectivity index (χ3n) is 11.0. The van der Waals surface area contributed by atoms with E-state index in [2.05, 4.69) is 60.3 Å². The van der Waals surface area contributed by atoms with Crippen LogP contribution in [0, 0.1) is 58.7 Å². The van der Waals surface area contributed by atoms with Gasteiger partial charge >= 0.3 is 0 Å². The molecule has 2 aliphatic carbocycles. The summed E-state index contributed by atoms with van der Waals surface area (Å²) in [5.41, 5.74) is 1.54. The number of aryl methyl sites for hydroxylation is 1. The van der Waals surface area contributed by atoms with Crippen molar-refractivity contribution >= 4 is 10.1 Å². The molecule has 0 amide bonds. The first-order valence-electron chi connectivity index (χ1n) is 15.8. The number of rotatable bonds is 11. The van der Waals surface area contributed by atoms with Gasteiger partial charge in [-0.1, -0.05) is 65.2 Å². The average Bonchev–Trinajstić information content (AvgIpc) is 3.39. The lowest BCUT2D eigenvalue weighted by Gasteiger charge is -2.32. The van der Waals surface area contributed by atoms with Crippen LogP contribution in [0.15, 0.2) is 29.2 Å². The average molecular weight is 591 g/mol. The van der Waals surface area contributed by atoms with Crippen LogP contribution in [0.5, 0.6) is 0 Å². The van der Waals surface area contributed by atoms with Crippen molar-refractivity contribution in [3.8, 4) is 11.8 Å². The van der Waals surface area contributed by atoms with Gasteiger partial charge in [0, 0.05) is 25.0 Å². The van der Waals surface area contributed by atoms with Gasteiger partial charge in [-0.25, -0.2) is 0 Å². The van der Waals surface area contributed by atoms with Gasteiger partial charge in [-0.05, 0) is 112 Å². The molecule has 2 saturated carbocycles. The van der Waals surface area contributed by atoms with Gasteiger partial charge in [0.1, 0.15) is 0 Å². The molecular weight excluding hydrogens is 532 g/mol. The van der Waals surface area contributed by atoms with E-state index >= 15 is 0 Å². The molecule has 3 rings (SSSR count). The zero-order chi connectivity index (χ0) is 30.9. The maximum absolute atomic E-state index is 12.1. The number of aliphatic hydroxyl groups is 2. The molecule has 4 atom stereocenters. The van der Waals surface area contributed by atoms with Crippen LogP contribution in [-0.2, 0) is 14.3 Å². The molecule has 0 heterocycles. The summed E-state index contributed by atoms with van der Waals surface area (Å²) in [5, 5.41) is 18.9. The highest BCUT2D eigenvalue weighted by molar-refractivity contribution is 7.86. The molecule has 0 bridgehead atoms. The lowest BCUT2D eigenvalue weighted by Crippen LogP contribution is -2.28. The first-order valence-corrected chi connectivity index (χ1v) is 17.3. The number of aliphatic hydroxyl groups excluding tert-OH is 2. The molecule has 0 spiro atoms. The Bertz CT molecular complexity index is 1090. The van der Waals surface area contributed by atoms with Gasteiger partial charge in [0.05, 0.1) is 11.5 Å². The summed E-state index contributed by atoms with van der Waals surface area (Å²) in [7, 11) is -3.67. The molecule has 41 heavy (non-hydrogen) atoms. The predicted molar refractivity (Wildman–Crippen MR) is 169 cm³/mol. The van der Waals surface area contributed by atoms with Crippen LogP contribution in [0.1, 0.15) is 112 Å². The van der Waals surface area contributed by atoms with Crippen molar-refractivity contribution < 1.29 is 22.8 Å². The first-order chi connectivity index (χ1) is 19.2. The third-order valence-corrected chi connectivity index (χ3v) is 12.3. The molecule has 5 nitrogen and oxygen atoms in total. The molecule has 2 N–H and O–H groups in total. The second-order valence-corrected chi connectivity index (χ2v) is 15.6. The van der Waals surface area contributed by atoms with Crippen LogP contribution in [-0.4, -0.2) is 38.5 Å². The fourth-order valence-corrected chi connectivity index (χ4v) is 7.59. The van der Waals surface area contributed by atoms with E-state index in [0.717, 1.165) is 43.6 Å². The van der Waals surface area contributed by atoms with E-state index in [1.807, 2.05) is 6.92 Å². The van der Waals surface area contributed by atoms with Crippen molar-refractivity contribution in [1.82, 2.24) is 0 Å². The minimum atomic E-state index is -3.67. The fourth-order valence-electron chi connectivity index (χ4n) is 6.67. The maximum atomic E-state index is 12.1. The maximum Gasteiger partial charge on any atom is 0.296 e. The Labute approximate surface area is 252 Å². The standard InChI is InChI=1S/C18H32O.C17H26O4S/c1-6-18(5,7-2)13-9-8-10-15-11-12-16(14-19)17(15,3)4;1-13-4-8-16(9-5-13)22(19,20)21-11-10-14-6-7-15(12-18)17(14,2)3/h15-16,19H,6-8,10-12,14H2,1-5H3;4-5,8-9,14-15,18H,6-7,10-12H2,1-3H3/t15-,16?;14-,15?/m01/s1. The highest BCUT2D eigenvalue weighted by atomic mass is 32.2. The zero-order valence-corrected chi connectivity index (χ0v) is 27.9. The molecular formula is C35H58O5S. The summed E-state index contributed by atoms with van der Waals surface area (Å²) >= 11 is 0. The Balaban J connectivity index is 0.000000290. The van der Waals surface area contributed by atoms with Gasteiger partial charge in [-0.15, -0.1) is 5.92 Å². The van der Waals surface area contributed by atoms with E-state index in [1.165, 1.54) is 19.3 Å². The topological polar surface area (TPSA) is 83.8 Å². The van der Waals surface area contributed by atoms with E-state index in [-0.39, 0.29) is 34.4 Å². The monoisotopic (exact) mass is 590 g/mol. The van der Waals surface area contributed by atoms with Gasteiger partial charge in [0.15, 0.2) is 0 Å². The van der Waals surface area contributed by atoms with E-state index in [0.29, 0.717) is 30.8 Å². The summed E-state index contributed by atoms with van der Waals surface area (Å²) in [6.07, 6.45) is 9.65. The van der Waals surface area contributed by atoms with Crippen LogP contribution in [0.3, 0.4) is 0 Å². The van der Waals surface area contributed by atoms with Crippen molar-refractivity contribution in [3.05, 3.63) is 29.8 Å². The summed E-state index contributed by atoms with van der Waals surface area (Å²) < 4.78 is 29.5. The highest BCUT2D eigenvalue weighted by Crippen LogP contribution is 2.49. The Kier molecular flexibility index (Phi) is 13.4. The number of hydrogen-bond acceptors (Lipinski definition) is 5. The molecule has 0 aliphatic heterocycles. The fraction of sp³-hybridized carbons (Fsp3) is 0.771. The lowest BCUT2D eigenvalue weighted by molar-refractivity contribution is 0.103. The molecule has 0 radical (unpaired) electrons. The molecule has 1 aromatic carbocycles. The Morgan fingerprint density at radius 3 is 1.76 bits per heavy atom. The van der Waals surface area contributed by atoms with E-state index in [9.17, 15) is 18.6 Å². The zero-order valence-electron chi connectivity index (χ0n) is 27.1. The summed E-state index contributed by atoms with van der Waals surface area (Å²) in [6, 6.07) is 6.68. The molecule has 2 unspecified atom stereocenters. The van der Waals surface area contributed by atoms with Crippen molar-refractivity contribution in [1.29, 1.82) is 0 Å². The Morgan fingerprint density at radius 2 is 1.32 bits per heavy atom. The van der Waals surface area contributed by atoms with Crippen LogP contribution < -0.4 is 0 Å². The predicted octanol–water partition coefficient (Wildman–Crippen LogP) is 7.78. The Hall–Kier alpha value is -1.39. The first kappa shape index (κ1) is 35.8. The quantitative estimate of drug-likeness (QED) is 0.203. The SMILES string of the molecule is CCC(C)(C#CCC[C@H]1CCC(CO)C1(C)C)CC.Cc1ccc(S(=O)(=O)OCC[C@H]2CCC(CO)C2(C)C)cc1. The summed E-state index contributed by atoms with van der Waals surface area (Å²) in [4.78, 5) is 0.206. The molecule has 1 aromatic rings. The van der Waals surface area contributed by atoms with Crippen molar-refractivity contribution in [2.24, 2.45) is 39.9 Å². The van der Waals surface area contributed by atoms with Crippen molar-refractivity contribution in [3.63, 3.8) is 0 Å². The minimum absolute atomic E-state index is 0.0335. The Morgan fingerprint density at radius 1 is 0.854 bits per heavy atom. The second kappa shape index (κ2) is 15.4. The smallest absolute Gasteiger partial charge is 0.296 e. The summed E-state index contributed by atoms with van der Waals surface area (Å²) in [6.45, 7) is 18.3. The molecule has 6 heteroatoms. The minimum Gasteiger partial charge on any atom is -0.396 e. The number of hydrogen-bond donors (Lipinski definition) is 2. The van der Waals surface area contributed by atoms with Crippen LogP contribution in [0.25, 0.3) is 0 Å². The van der Waals surface area contributed by atoms with Gasteiger partial charge < -0.3 is 10.2 Å². The van der Waals surface area contributed by atoms with Crippen LogP contribution >= 0.6 is 0 Å². The number of benzene rings is 1. The van der Waals surface area contributed by atoms with Gasteiger partial charge in [-0.2, -0.15) is 8.42 Å². The van der Waals surface area contributed by atoms with Crippen molar-refractivity contribution in [2.75, 3.05) is 19.8 Å². The van der Waals surface area contributed by atoms with Crippen molar-refractivity contribution in [2.45, 2.75) is 118 Å². The second-order valence-electron chi connectivity index (χ2n) is 13.9. The third kappa shape index (κ3) is 9.55. The van der Waals surface area contributed by atoms with E-state index in [1.54, 1.807) is 24.3 Å². The molecule has 234 valence electrons. The highest BCUT2D eigenvalue weighted by Gasteiger charge is 2.43. The van der Waals surface area contributed by atoms with Gasteiger partial charge in [0.2, 0.25) is 0 Å². The largest absolute Gasteiger partial charge is 0.396 e.